The topological polar surface area (TPSA) is 69.9 Å². The monoisotopic (exact) mass is 474 g/mol. The second-order valence-corrected chi connectivity index (χ2v) is 9.14. The highest BCUT2D eigenvalue weighted by atomic mass is 35.5. The van der Waals surface area contributed by atoms with E-state index < -0.39 is 12.0 Å². The van der Waals surface area contributed by atoms with Crippen molar-refractivity contribution in [3.8, 4) is 0 Å². The Morgan fingerprint density at radius 2 is 2.06 bits per heavy atom. The summed E-state index contributed by atoms with van der Waals surface area (Å²) in [4.78, 5) is 32.3. The Kier molecular flexibility index (Phi) is 6.52. The lowest BCUT2D eigenvalue weighted by atomic mass is 10.0. The van der Waals surface area contributed by atoms with Crippen molar-refractivity contribution < 1.29 is 14.3 Å². The van der Waals surface area contributed by atoms with Gasteiger partial charge in [0.1, 0.15) is 12.6 Å². The first-order chi connectivity index (χ1) is 15.0. The van der Waals surface area contributed by atoms with Gasteiger partial charge in [-0.1, -0.05) is 47.2 Å². The number of thiazole rings is 1. The van der Waals surface area contributed by atoms with Crippen LogP contribution in [0.3, 0.4) is 0 Å². The van der Waals surface area contributed by atoms with Gasteiger partial charge in [-0.15, -0.1) is 11.3 Å². The fraction of sp³-hybridized carbons (Fsp3) is 0.227. The number of allylic oxidation sites excluding steroid dienone is 1. The summed E-state index contributed by atoms with van der Waals surface area (Å²) in [5.41, 5.74) is 1.41. The van der Waals surface area contributed by atoms with Crippen molar-refractivity contribution in [2.24, 2.45) is 4.99 Å². The highest BCUT2D eigenvalue weighted by molar-refractivity contribution is 7.10. The molecule has 0 bridgehead atoms. The number of halogens is 1. The Labute approximate surface area is 191 Å². The van der Waals surface area contributed by atoms with Gasteiger partial charge in [0, 0.05) is 17.0 Å². The number of hydrogen-bond donors (Lipinski definition) is 0. The molecule has 6 nitrogen and oxygen atoms in total. The minimum Gasteiger partial charge on any atom is -0.460 e. The van der Waals surface area contributed by atoms with Crippen molar-refractivity contribution in [2.75, 3.05) is 20.3 Å². The van der Waals surface area contributed by atoms with Crippen LogP contribution in [-0.2, 0) is 14.3 Å². The SMILES string of the molecule is COCCOC(=O)C1=C(C)N=c2s/c(=C/c3ccccc3Cl)c(=O)n2[C@@H]1c1cccs1. The van der Waals surface area contributed by atoms with Crippen molar-refractivity contribution in [3.63, 3.8) is 0 Å². The molecule has 0 fully saturated rings. The number of fused-ring (bicyclic) bond motifs is 1. The molecule has 0 spiro atoms. The smallest absolute Gasteiger partial charge is 0.338 e. The molecular weight excluding hydrogens is 456 g/mol. The highest BCUT2D eigenvalue weighted by Gasteiger charge is 2.34. The van der Waals surface area contributed by atoms with E-state index in [1.807, 2.05) is 35.7 Å². The number of ether oxygens (including phenoxy) is 2. The lowest BCUT2D eigenvalue weighted by Gasteiger charge is -2.23. The van der Waals surface area contributed by atoms with Gasteiger partial charge in [-0.25, -0.2) is 9.79 Å². The molecule has 0 aliphatic carbocycles. The predicted octanol–water partition coefficient (Wildman–Crippen LogP) is 3.14. The Hall–Kier alpha value is -2.52. The summed E-state index contributed by atoms with van der Waals surface area (Å²) >= 11 is 9.02. The summed E-state index contributed by atoms with van der Waals surface area (Å²) in [6, 6.07) is 10.5. The summed E-state index contributed by atoms with van der Waals surface area (Å²) in [5.74, 6) is -0.503. The van der Waals surface area contributed by atoms with Gasteiger partial charge in [0.15, 0.2) is 4.80 Å². The van der Waals surface area contributed by atoms with E-state index >= 15 is 0 Å². The van der Waals surface area contributed by atoms with Crippen LogP contribution in [0, 0.1) is 0 Å². The van der Waals surface area contributed by atoms with Crippen molar-refractivity contribution in [3.05, 3.63) is 88.2 Å². The molecule has 2 aromatic heterocycles. The van der Waals surface area contributed by atoms with Crippen molar-refractivity contribution >= 4 is 46.3 Å². The van der Waals surface area contributed by atoms with Crippen LogP contribution < -0.4 is 14.9 Å². The van der Waals surface area contributed by atoms with Crippen molar-refractivity contribution in [1.82, 2.24) is 4.57 Å². The number of esters is 1. The molecule has 1 atom stereocenters. The number of thiophene rings is 1. The van der Waals surface area contributed by atoms with Gasteiger partial charge in [0.2, 0.25) is 0 Å². The number of benzene rings is 1. The maximum absolute atomic E-state index is 13.4. The van der Waals surface area contributed by atoms with E-state index in [9.17, 15) is 9.59 Å². The molecule has 1 aliphatic rings. The largest absolute Gasteiger partial charge is 0.460 e. The number of rotatable bonds is 6. The van der Waals surface area contributed by atoms with Crippen LogP contribution in [0.15, 0.2) is 62.8 Å². The number of aromatic nitrogens is 1. The average molecular weight is 475 g/mol. The molecule has 31 heavy (non-hydrogen) atoms. The molecular formula is C22H19ClN2O4S2. The molecule has 0 N–H and O–H groups in total. The first-order valence-corrected chi connectivity index (χ1v) is 11.5. The number of methoxy groups -OCH3 is 1. The van der Waals surface area contributed by atoms with Gasteiger partial charge in [0.05, 0.1) is 22.4 Å². The third-order valence-electron chi connectivity index (χ3n) is 4.77. The van der Waals surface area contributed by atoms with E-state index in [-0.39, 0.29) is 12.2 Å². The third kappa shape index (κ3) is 4.29. The van der Waals surface area contributed by atoms with E-state index in [0.29, 0.717) is 32.2 Å². The third-order valence-corrected chi connectivity index (χ3v) is 7.02. The molecule has 0 amide bonds. The van der Waals surface area contributed by atoms with Gasteiger partial charge >= 0.3 is 5.97 Å². The molecule has 3 aromatic rings. The molecule has 3 heterocycles. The van der Waals surface area contributed by atoms with Gasteiger partial charge < -0.3 is 9.47 Å². The van der Waals surface area contributed by atoms with Gasteiger partial charge in [-0.05, 0) is 36.1 Å². The molecule has 0 radical (unpaired) electrons. The van der Waals surface area contributed by atoms with Crippen LogP contribution in [0.5, 0.6) is 0 Å². The van der Waals surface area contributed by atoms with Crippen LogP contribution >= 0.6 is 34.3 Å². The zero-order valence-electron chi connectivity index (χ0n) is 16.8. The number of carbonyl (C=O) groups excluding carboxylic acids is 1. The fourth-order valence-corrected chi connectivity index (χ4v) is 5.38. The minimum absolute atomic E-state index is 0.125. The van der Waals surface area contributed by atoms with E-state index in [2.05, 4.69) is 4.99 Å². The first kappa shape index (κ1) is 21.7. The standard InChI is InChI=1S/C22H19ClN2O4S2/c1-13-18(21(27)29-10-9-28-2)19(16-8-5-11-30-16)25-20(26)17(31-22(25)24-13)12-14-6-3-4-7-15(14)23/h3-8,11-12,19H,9-10H2,1-2H3/b17-12+/t19-/m1/s1. The first-order valence-electron chi connectivity index (χ1n) is 9.48. The molecule has 0 saturated heterocycles. The number of hydrogen-bond acceptors (Lipinski definition) is 7. The van der Waals surface area contributed by atoms with E-state index in [0.717, 1.165) is 10.4 Å². The molecule has 1 aromatic carbocycles. The van der Waals surface area contributed by atoms with Crippen LogP contribution in [0.4, 0.5) is 0 Å². The Bertz CT molecular complexity index is 1320. The summed E-state index contributed by atoms with van der Waals surface area (Å²) in [6.07, 6.45) is 1.76. The zero-order valence-corrected chi connectivity index (χ0v) is 19.2. The summed E-state index contributed by atoms with van der Waals surface area (Å²) in [7, 11) is 1.54. The molecule has 160 valence electrons. The highest BCUT2D eigenvalue weighted by Crippen LogP contribution is 2.33. The zero-order chi connectivity index (χ0) is 22.0. The summed E-state index contributed by atoms with van der Waals surface area (Å²) in [5, 5.41) is 2.47. The quantitative estimate of drug-likeness (QED) is 0.406. The Morgan fingerprint density at radius 3 is 2.77 bits per heavy atom. The Morgan fingerprint density at radius 1 is 1.26 bits per heavy atom. The van der Waals surface area contributed by atoms with E-state index in [4.69, 9.17) is 21.1 Å². The van der Waals surface area contributed by atoms with Crippen molar-refractivity contribution in [1.29, 1.82) is 0 Å². The molecule has 4 rings (SSSR count). The molecule has 0 saturated carbocycles. The molecule has 9 heteroatoms. The van der Waals surface area contributed by atoms with Crippen LogP contribution in [0.25, 0.3) is 6.08 Å². The average Bonchev–Trinajstić information content (AvgIpc) is 3.38. The minimum atomic E-state index is -0.598. The number of nitrogens with zero attached hydrogens (tertiary/aromatic N) is 2. The molecule has 1 aliphatic heterocycles. The Balaban J connectivity index is 1.87. The van der Waals surface area contributed by atoms with Crippen LogP contribution in [-0.4, -0.2) is 30.9 Å². The summed E-state index contributed by atoms with van der Waals surface area (Å²) < 4.78 is 12.4. The lowest BCUT2D eigenvalue weighted by Crippen LogP contribution is -2.39. The normalized spacial score (nSPS) is 16.2. The van der Waals surface area contributed by atoms with Gasteiger partial charge in [-0.3, -0.25) is 9.36 Å². The van der Waals surface area contributed by atoms with E-state index in [1.54, 1.807) is 23.6 Å². The lowest BCUT2D eigenvalue weighted by molar-refractivity contribution is -0.140. The van der Waals surface area contributed by atoms with E-state index in [1.165, 1.54) is 29.8 Å². The second kappa shape index (κ2) is 9.32. The van der Waals surface area contributed by atoms with Gasteiger partial charge in [0.25, 0.3) is 5.56 Å². The van der Waals surface area contributed by atoms with Crippen LogP contribution in [0.2, 0.25) is 5.02 Å². The maximum Gasteiger partial charge on any atom is 0.338 e. The maximum atomic E-state index is 13.4. The van der Waals surface area contributed by atoms with Gasteiger partial charge in [-0.2, -0.15) is 0 Å². The second-order valence-electron chi connectivity index (χ2n) is 6.75. The number of carbonyl (C=O) groups is 1. The van der Waals surface area contributed by atoms with Crippen LogP contribution in [0.1, 0.15) is 23.4 Å². The fourth-order valence-electron chi connectivity index (χ4n) is 3.33. The summed E-state index contributed by atoms with van der Waals surface area (Å²) in [6.45, 7) is 2.18. The van der Waals surface area contributed by atoms with Crippen molar-refractivity contribution in [2.45, 2.75) is 13.0 Å². The predicted molar refractivity (Wildman–Crippen MR) is 122 cm³/mol. The molecule has 0 unspecified atom stereocenters.